The quantitative estimate of drug-likeness (QED) is 0.736. The van der Waals surface area contributed by atoms with Gasteiger partial charge in [-0.2, -0.15) is 0 Å². The van der Waals surface area contributed by atoms with Gasteiger partial charge >= 0.3 is 5.97 Å². The summed E-state index contributed by atoms with van der Waals surface area (Å²) < 4.78 is 5.54. The molecule has 0 aromatic rings. The summed E-state index contributed by atoms with van der Waals surface area (Å²) in [6, 6.07) is 0. The fourth-order valence-corrected chi connectivity index (χ4v) is 7.76. The van der Waals surface area contributed by atoms with Crippen LogP contribution in [0.4, 0.5) is 0 Å². The molecule has 4 aliphatic carbocycles. The maximum atomic E-state index is 12.1. The zero-order chi connectivity index (χ0) is 19.6. The molecule has 3 fully saturated rings. The van der Waals surface area contributed by atoms with Gasteiger partial charge in [0.25, 0.3) is 0 Å². The maximum absolute atomic E-state index is 12.1. The van der Waals surface area contributed by atoms with Crippen molar-refractivity contribution in [3.05, 3.63) is 11.1 Å². The van der Waals surface area contributed by atoms with Gasteiger partial charge in [0.1, 0.15) is 6.10 Å². The lowest BCUT2D eigenvalue weighted by Crippen LogP contribution is -2.49. The monoisotopic (exact) mass is 374 g/mol. The van der Waals surface area contributed by atoms with Crippen LogP contribution in [0.3, 0.4) is 0 Å². The van der Waals surface area contributed by atoms with Crippen LogP contribution in [0.25, 0.3) is 0 Å². The summed E-state index contributed by atoms with van der Waals surface area (Å²) in [6.45, 7) is 7.71. The van der Waals surface area contributed by atoms with Crippen molar-refractivity contribution in [2.45, 2.75) is 91.3 Å². The van der Waals surface area contributed by atoms with Crippen LogP contribution in [0.2, 0.25) is 0 Å². The Balaban J connectivity index is 1.62. The van der Waals surface area contributed by atoms with Crippen LogP contribution in [-0.4, -0.2) is 29.1 Å². The first-order chi connectivity index (χ1) is 12.7. The third-order valence-corrected chi connectivity index (χ3v) is 9.07. The fraction of sp³-hybridized carbons (Fsp3) is 0.826. The molecule has 27 heavy (non-hydrogen) atoms. The van der Waals surface area contributed by atoms with Gasteiger partial charge in [-0.3, -0.25) is 9.59 Å². The van der Waals surface area contributed by atoms with Gasteiger partial charge in [0.05, 0.1) is 6.10 Å². The average molecular weight is 375 g/mol. The van der Waals surface area contributed by atoms with E-state index in [2.05, 4.69) is 13.8 Å². The van der Waals surface area contributed by atoms with Crippen molar-refractivity contribution < 1.29 is 19.4 Å². The number of hydrogen-bond acceptors (Lipinski definition) is 4. The molecule has 4 nitrogen and oxygen atoms in total. The van der Waals surface area contributed by atoms with E-state index in [1.807, 2.05) is 0 Å². The van der Waals surface area contributed by atoms with Crippen molar-refractivity contribution in [2.24, 2.45) is 28.6 Å². The molecule has 1 spiro atoms. The van der Waals surface area contributed by atoms with E-state index in [0.29, 0.717) is 17.8 Å². The predicted octanol–water partition coefficient (Wildman–Crippen LogP) is 4.20. The van der Waals surface area contributed by atoms with E-state index in [1.54, 1.807) is 6.92 Å². The summed E-state index contributed by atoms with van der Waals surface area (Å²) in [4.78, 5) is 23.5. The van der Waals surface area contributed by atoms with Crippen LogP contribution < -0.4 is 0 Å². The zero-order valence-electron chi connectivity index (χ0n) is 17.2. The summed E-state index contributed by atoms with van der Waals surface area (Å²) in [7, 11) is 0. The van der Waals surface area contributed by atoms with Gasteiger partial charge in [-0.1, -0.05) is 12.5 Å². The third kappa shape index (κ3) is 2.66. The van der Waals surface area contributed by atoms with Gasteiger partial charge in [0.2, 0.25) is 0 Å². The molecule has 4 aliphatic rings. The minimum Gasteiger partial charge on any atom is -0.463 e. The molecule has 4 heteroatoms. The number of carbonyl (C=O) groups excluding carboxylic acids is 2. The van der Waals surface area contributed by atoms with E-state index in [-0.39, 0.29) is 34.8 Å². The topological polar surface area (TPSA) is 63.6 Å². The maximum Gasteiger partial charge on any atom is 0.302 e. The largest absolute Gasteiger partial charge is 0.463 e. The highest BCUT2D eigenvalue weighted by Gasteiger charge is 2.64. The number of Topliss-reactive ketones (excluding diaryl/α,β-unsaturated/α-hetero) is 1. The molecule has 1 N–H and O–H groups in total. The lowest BCUT2D eigenvalue weighted by molar-refractivity contribution is -0.154. The van der Waals surface area contributed by atoms with Gasteiger partial charge in [0.15, 0.2) is 5.78 Å². The summed E-state index contributed by atoms with van der Waals surface area (Å²) in [5.74, 6) is 1.57. The van der Waals surface area contributed by atoms with E-state index < -0.39 is 0 Å². The first kappa shape index (κ1) is 19.2. The Labute approximate surface area is 162 Å². The van der Waals surface area contributed by atoms with Crippen molar-refractivity contribution in [1.82, 2.24) is 0 Å². The molecule has 3 saturated carbocycles. The SMILES string of the molecule is CC(=O)O[C@H]1CC[C@@]2(C)[C@H](CC[C@@H]3[C@@H]2C[C@H](O)[C@@]32CCC(C(C)=O)=C2C)C1. The smallest absolute Gasteiger partial charge is 0.302 e. The molecule has 0 unspecified atom stereocenters. The van der Waals surface area contributed by atoms with Gasteiger partial charge < -0.3 is 9.84 Å². The molecule has 0 radical (unpaired) electrons. The van der Waals surface area contributed by atoms with Crippen LogP contribution in [0.15, 0.2) is 11.1 Å². The summed E-state index contributed by atoms with van der Waals surface area (Å²) in [5.41, 5.74) is 2.20. The second-order valence-corrected chi connectivity index (χ2v) is 9.95. The molecule has 7 atom stereocenters. The van der Waals surface area contributed by atoms with Crippen molar-refractivity contribution in [3.63, 3.8) is 0 Å². The molecular formula is C23H34O4. The molecule has 0 aromatic carbocycles. The number of aliphatic hydroxyl groups excluding tert-OH is 1. The van der Waals surface area contributed by atoms with E-state index in [0.717, 1.165) is 56.9 Å². The molecule has 4 rings (SSSR count). The molecule has 0 saturated heterocycles. The molecule has 150 valence electrons. The normalized spacial score (nSPS) is 46.3. The first-order valence-corrected chi connectivity index (χ1v) is 10.8. The highest BCUT2D eigenvalue weighted by Crippen LogP contribution is 2.69. The summed E-state index contributed by atoms with van der Waals surface area (Å²) in [5, 5.41) is 11.2. The lowest BCUT2D eigenvalue weighted by atomic mass is 9.50. The van der Waals surface area contributed by atoms with Gasteiger partial charge in [-0.05, 0) is 94.0 Å². The number of hydrogen-bond donors (Lipinski definition) is 1. The van der Waals surface area contributed by atoms with Crippen molar-refractivity contribution in [1.29, 1.82) is 0 Å². The Morgan fingerprint density at radius 2 is 1.81 bits per heavy atom. The summed E-state index contributed by atoms with van der Waals surface area (Å²) in [6.07, 6.45) is 7.61. The van der Waals surface area contributed by atoms with Crippen LogP contribution in [0.5, 0.6) is 0 Å². The number of rotatable bonds is 2. The zero-order valence-corrected chi connectivity index (χ0v) is 17.2. The number of allylic oxidation sites excluding steroid dienone is 1. The Morgan fingerprint density at radius 1 is 1.07 bits per heavy atom. The number of aliphatic hydroxyl groups is 1. The number of carbonyl (C=O) groups is 2. The Kier molecular flexibility index (Phi) is 4.57. The average Bonchev–Trinajstić information content (AvgIpc) is 3.08. The van der Waals surface area contributed by atoms with Crippen molar-refractivity contribution in [3.8, 4) is 0 Å². The van der Waals surface area contributed by atoms with Crippen LogP contribution >= 0.6 is 0 Å². The van der Waals surface area contributed by atoms with E-state index in [9.17, 15) is 14.7 Å². The number of esters is 1. The molecule has 0 aromatic heterocycles. The Morgan fingerprint density at radius 3 is 2.44 bits per heavy atom. The van der Waals surface area contributed by atoms with Crippen LogP contribution in [0, 0.1) is 28.6 Å². The number of ketones is 1. The molecule has 0 heterocycles. The fourth-order valence-electron chi connectivity index (χ4n) is 7.76. The van der Waals surface area contributed by atoms with Crippen molar-refractivity contribution >= 4 is 11.8 Å². The minimum atomic E-state index is -0.328. The first-order valence-electron chi connectivity index (χ1n) is 10.8. The standard InChI is InChI=1S/C23H34O4/c1-13-18(14(2)24)8-10-23(13)19-6-5-16-11-17(27-15(3)25)7-9-22(16,4)20(19)12-21(23)26/h16-17,19-21,26H,5-12H2,1-4H3/t16-,17+,19-,20+,21+,22+,23-/m1/s1. The van der Waals surface area contributed by atoms with E-state index >= 15 is 0 Å². The molecule has 0 bridgehead atoms. The van der Waals surface area contributed by atoms with Crippen LogP contribution in [0.1, 0.15) is 79.1 Å². The van der Waals surface area contributed by atoms with Gasteiger partial charge in [0, 0.05) is 12.3 Å². The van der Waals surface area contributed by atoms with Gasteiger partial charge in [-0.25, -0.2) is 0 Å². The lowest BCUT2D eigenvalue weighted by Gasteiger charge is -2.55. The minimum absolute atomic E-state index is 0.0647. The van der Waals surface area contributed by atoms with Crippen molar-refractivity contribution in [2.75, 3.05) is 0 Å². The molecular weight excluding hydrogens is 340 g/mol. The van der Waals surface area contributed by atoms with Gasteiger partial charge in [-0.15, -0.1) is 0 Å². The second kappa shape index (κ2) is 6.43. The molecule has 0 amide bonds. The number of ether oxygens (including phenoxy) is 1. The third-order valence-electron chi connectivity index (χ3n) is 9.07. The predicted molar refractivity (Wildman–Crippen MR) is 103 cm³/mol. The Bertz CT molecular complexity index is 694. The number of fused-ring (bicyclic) bond motifs is 4. The second-order valence-electron chi connectivity index (χ2n) is 9.95. The highest BCUT2D eigenvalue weighted by atomic mass is 16.5. The van der Waals surface area contributed by atoms with Crippen LogP contribution in [-0.2, 0) is 14.3 Å². The molecule has 0 aliphatic heterocycles. The Hall–Kier alpha value is -1.16. The van der Waals surface area contributed by atoms with E-state index in [1.165, 1.54) is 12.5 Å². The summed E-state index contributed by atoms with van der Waals surface area (Å²) >= 11 is 0. The van der Waals surface area contributed by atoms with E-state index in [4.69, 9.17) is 4.74 Å². The highest BCUT2D eigenvalue weighted by molar-refractivity contribution is 5.94.